The highest BCUT2D eigenvalue weighted by molar-refractivity contribution is 5.95. The van der Waals surface area contributed by atoms with Crippen molar-refractivity contribution in [3.63, 3.8) is 0 Å². The number of pyridine rings is 2. The van der Waals surface area contributed by atoms with Gasteiger partial charge in [-0.2, -0.15) is 0 Å². The van der Waals surface area contributed by atoms with Crippen LogP contribution in [0.5, 0.6) is 0 Å². The third-order valence-electron chi connectivity index (χ3n) is 4.57. The number of rotatable bonds is 2. The third kappa shape index (κ3) is 2.43. The summed E-state index contributed by atoms with van der Waals surface area (Å²) in [6, 6.07) is 13.9. The summed E-state index contributed by atoms with van der Waals surface area (Å²) >= 11 is 0. The van der Waals surface area contributed by atoms with E-state index in [0.29, 0.717) is 18.1 Å². The van der Waals surface area contributed by atoms with Crippen molar-refractivity contribution in [2.75, 3.05) is 6.54 Å². The fourth-order valence-electron chi connectivity index (χ4n) is 3.25. The molecule has 0 unspecified atom stereocenters. The number of para-hydroxylation sites is 1. The fourth-order valence-corrected chi connectivity index (χ4v) is 3.25. The van der Waals surface area contributed by atoms with Crippen LogP contribution in [0.2, 0.25) is 0 Å². The zero-order valence-electron chi connectivity index (χ0n) is 13.9. The van der Waals surface area contributed by atoms with Gasteiger partial charge in [0.2, 0.25) is 0 Å². The number of fused-ring (bicyclic) bond motifs is 2. The van der Waals surface area contributed by atoms with Crippen LogP contribution >= 0.6 is 0 Å². The number of nitrogens with one attached hydrogen (secondary N) is 2. The molecule has 126 valence electrons. The van der Waals surface area contributed by atoms with Crippen molar-refractivity contribution >= 4 is 16.8 Å². The molecule has 0 radical (unpaired) electrons. The van der Waals surface area contributed by atoms with Gasteiger partial charge >= 0.3 is 0 Å². The summed E-state index contributed by atoms with van der Waals surface area (Å²) in [6.07, 6.45) is 4.34. The van der Waals surface area contributed by atoms with Gasteiger partial charge in [0.25, 0.3) is 5.91 Å². The van der Waals surface area contributed by atoms with E-state index in [9.17, 15) is 4.79 Å². The highest BCUT2D eigenvalue weighted by Gasteiger charge is 2.22. The normalized spacial score (nSPS) is 13.5. The number of carbonyl (C=O) groups is 1. The Hall–Kier alpha value is -3.54. The predicted molar refractivity (Wildman–Crippen MR) is 98.6 cm³/mol. The van der Waals surface area contributed by atoms with E-state index < -0.39 is 0 Å². The molecule has 0 saturated heterocycles. The highest BCUT2D eigenvalue weighted by Crippen LogP contribution is 2.26. The summed E-state index contributed by atoms with van der Waals surface area (Å²) in [5, 5.41) is 3.89. The van der Waals surface area contributed by atoms with Crippen LogP contribution in [0.4, 0.5) is 0 Å². The largest absolute Gasteiger partial charge is 0.350 e. The maximum Gasteiger partial charge on any atom is 0.271 e. The molecule has 26 heavy (non-hydrogen) atoms. The molecule has 0 fully saturated rings. The number of aromatic nitrogens is 4. The van der Waals surface area contributed by atoms with Crippen molar-refractivity contribution in [2.45, 2.75) is 6.42 Å². The zero-order valence-corrected chi connectivity index (χ0v) is 13.9. The summed E-state index contributed by atoms with van der Waals surface area (Å²) in [5.74, 6) is 0.561. The van der Waals surface area contributed by atoms with E-state index in [4.69, 9.17) is 0 Å². The van der Waals surface area contributed by atoms with Crippen LogP contribution in [0.15, 0.2) is 54.9 Å². The number of nitrogens with zero attached hydrogens (tertiary/aromatic N) is 3. The molecule has 4 aromatic rings. The first-order chi connectivity index (χ1) is 12.8. The maximum atomic E-state index is 11.9. The van der Waals surface area contributed by atoms with Crippen molar-refractivity contribution in [1.82, 2.24) is 25.3 Å². The van der Waals surface area contributed by atoms with Gasteiger partial charge in [-0.15, -0.1) is 0 Å². The summed E-state index contributed by atoms with van der Waals surface area (Å²) in [5.41, 5.74) is 4.98. The molecule has 1 amide bonds. The second kappa shape index (κ2) is 5.77. The van der Waals surface area contributed by atoms with E-state index in [1.54, 1.807) is 6.20 Å². The van der Waals surface area contributed by atoms with Gasteiger partial charge in [0.15, 0.2) is 0 Å². The van der Waals surface area contributed by atoms with Crippen LogP contribution in [0, 0.1) is 0 Å². The molecule has 0 bridgehead atoms. The van der Waals surface area contributed by atoms with Crippen LogP contribution in [-0.4, -0.2) is 32.4 Å². The molecule has 1 aliphatic heterocycles. The Bertz CT molecular complexity index is 1150. The van der Waals surface area contributed by atoms with Crippen LogP contribution in [0.25, 0.3) is 33.5 Å². The summed E-state index contributed by atoms with van der Waals surface area (Å²) < 4.78 is 0. The monoisotopic (exact) mass is 341 g/mol. The average Bonchev–Trinajstić information content (AvgIpc) is 3.14. The van der Waals surface area contributed by atoms with E-state index in [1.807, 2.05) is 42.6 Å². The summed E-state index contributed by atoms with van der Waals surface area (Å²) in [4.78, 5) is 28.7. The lowest BCUT2D eigenvalue weighted by atomic mass is 10.1. The van der Waals surface area contributed by atoms with E-state index in [1.165, 1.54) is 0 Å². The van der Waals surface area contributed by atoms with Gasteiger partial charge in [0.1, 0.15) is 11.5 Å². The minimum atomic E-state index is -0.123. The molecule has 1 aromatic carbocycles. The van der Waals surface area contributed by atoms with Crippen molar-refractivity contribution in [2.24, 2.45) is 0 Å². The summed E-state index contributed by atoms with van der Waals surface area (Å²) in [7, 11) is 0. The molecule has 6 nitrogen and oxygen atoms in total. The van der Waals surface area contributed by atoms with Crippen molar-refractivity contribution in [3.05, 3.63) is 66.2 Å². The number of amides is 1. The first-order valence-corrected chi connectivity index (χ1v) is 8.46. The number of benzene rings is 1. The second-order valence-corrected chi connectivity index (χ2v) is 6.26. The molecule has 3 aromatic heterocycles. The van der Waals surface area contributed by atoms with E-state index >= 15 is 0 Å². The van der Waals surface area contributed by atoms with Gasteiger partial charge in [-0.3, -0.25) is 14.8 Å². The second-order valence-electron chi connectivity index (χ2n) is 6.26. The number of carbonyl (C=O) groups excluding carboxylic acids is 1. The highest BCUT2D eigenvalue weighted by atomic mass is 16.1. The number of hydrogen-bond donors (Lipinski definition) is 2. The molecular weight excluding hydrogens is 326 g/mol. The first kappa shape index (κ1) is 14.8. The van der Waals surface area contributed by atoms with Crippen molar-refractivity contribution in [1.29, 1.82) is 0 Å². The van der Waals surface area contributed by atoms with Crippen molar-refractivity contribution < 1.29 is 4.79 Å². The molecule has 6 heteroatoms. The summed E-state index contributed by atoms with van der Waals surface area (Å²) in [6.45, 7) is 0.637. The molecule has 0 aliphatic carbocycles. The number of imidazole rings is 1. The van der Waals surface area contributed by atoms with Gasteiger partial charge in [-0.25, -0.2) is 4.98 Å². The van der Waals surface area contributed by atoms with Gasteiger partial charge in [-0.1, -0.05) is 18.2 Å². The number of hydrogen-bond acceptors (Lipinski definition) is 4. The number of aromatic amines is 1. The lowest BCUT2D eigenvalue weighted by Crippen LogP contribution is -2.31. The Balaban J connectivity index is 1.57. The van der Waals surface area contributed by atoms with Gasteiger partial charge in [0.05, 0.1) is 11.2 Å². The van der Waals surface area contributed by atoms with Crippen molar-refractivity contribution in [3.8, 4) is 22.6 Å². The van der Waals surface area contributed by atoms with E-state index in [2.05, 4.69) is 31.3 Å². The van der Waals surface area contributed by atoms with Gasteiger partial charge in [0, 0.05) is 47.6 Å². The van der Waals surface area contributed by atoms with Gasteiger partial charge in [-0.05, 0) is 24.3 Å². The van der Waals surface area contributed by atoms with Crippen LogP contribution < -0.4 is 5.32 Å². The molecule has 1 aliphatic rings. The quantitative estimate of drug-likeness (QED) is 0.587. The Morgan fingerprint density at radius 1 is 1.00 bits per heavy atom. The minimum Gasteiger partial charge on any atom is -0.350 e. The van der Waals surface area contributed by atoms with Crippen LogP contribution in [0.1, 0.15) is 16.2 Å². The fraction of sp³-hybridized carbons (Fsp3) is 0.100. The first-order valence-electron chi connectivity index (χ1n) is 8.46. The topological polar surface area (TPSA) is 83.6 Å². The Labute approximate surface area is 149 Å². The zero-order chi connectivity index (χ0) is 17.5. The third-order valence-corrected chi connectivity index (χ3v) is 4.57. The number of H-pyrrole nitrogens is 1. The molecule has 5 rings (SSSR count). The minimum absolute atomic E-state index is 0.123. The SMILES string of the molecule is O=C1NCCc2[nH]c(-c3ccnc(-c4cnc5ccccc5c4)c3)nc21. The molecule has 2 N–H and O–H groups in total. The van der Waals surface area contributed by atoms with E-state index in [0.717, 1.165) is 39.8 Å². The molecule has 0 saturated carbocycles. The Morgan fingerprint density at radius 3 is 2.85 bits per heavy atom. The van der Waals surface area contributed by atoms with Crippen LogP contribution in [0.3, 0.4) is 0 Å². The lowest BCUT2D eigenvalue weighted by molar-refractivity contribution is 0.0941. The Morgan fingerprint density at radius 2 is 1.92 bits per heavy atom. The standard InChI is InChI=1S/C20H15N5O/c26-20-18-16(6-8-22-20)24-19(25-18)13-5-7-21-17(10-13)14-9-12-3-1-2-4-15(12)23-11-14/h1-5,7,9-11H,6,8H2,(H,22,26)(H,24,25). The Kier molecular flexibility index (Phi) is 3.28. The maximum absolute atomic E-state index is 11.9. The smallest absolute Gasteiger partial charge is 0.271 e. The lowest BCUT2D eigenvalue weighted by Gasteiger charge is -2.09. The molecule has 4 heterocycles. The molecule has 0 atom stereocenters. The molecular formula is C20H15N5O. The van der Waals surface area contributed by atoms with Crippen LogP contribution in [-0.2, 0) is 6.42 Å². The van der Waals surface area contributed by atoms with Gasteiger partial charge < -0.3 is 10.3 Å². The predicted octanol–water partition coefficient (Wildman–Crippen LogP) is 2.97. The van der Waals surface area contributed by atoms with E-state index in [-0.39, 0.29) is 5.91 Å². The molecule has 0 spiro atoms. The average molecular weight is 341 g/mol.